The summed E-state index contributed by atoms with van der Waals surface area (Å²) < 4.78 is 26.5. The van der Waals surface area contributed by atoms with Crippen molar-refractivity contribution >= 4 is 27.5 Å². The summed E-state index contributed by atoms with van der Waals surface area (Å²) in [5.74, 6) is -0.324. The van der Waals surface area contributed by atoms with Crippen LogP contribution in [0.15, 0.2) is 42.5 Å². The summed E-state index contributed by atoms with van der Waals surface area (Å²) >= 11 is 0. The van der Waals surface area contributed by atoms with Crippen molar-refractivity contribution in [2.24, 2.45) is 0 Å². The summed E-state index contributed by atoms with van der Waals surface area (Å²) in [6.45, 7) is 12.3. The van der Waals surface area contributed by atoms with Gasteiger partial charge in [0.1, 0.15) is 6.04 Å². The highest BCUT2D eigenvalue weighted by Gasteiger charge is 2.29. The number of benzene rings is 2. The summed E-state index contributed by atoms with van der Waals surface area (Å²) in [4.78, 5) is 28.3. The molecule has 8 heteroatoms. The minimum Gasteiger partial charge on any atom is -0.352 e. The Bertz CT molecular complexity index is 1180. The fraction of sp³-hybridized carbons (Fsp3) is 0.517. The van der Waals surface area contributed by atoms with E-state index in [2.05, 4.69) is 5.32 Å². The van der Waals surface area contributed by atoms with Gasteiger partial charge in [0, 0.05) is 25.6 Å². The van der Waals surface area contributed by atoms with Crippen molar-refractivity contribution in [3.8, 4) is 0 Å². The second-order valence-electron chi connectivity index (χ2n) is 9.90. The van der Waals surface area contributed by atoms with Crippen LogP contribution in [0.1, 0.15) is 68.7 Å². The zero-order valence-corrected chi connectivity index (χ0v) is 24.2. The number of hydrogen-bond acceptors (Lipinski definition) is 4. The molecule has 0 radical (unpaired) electrons. The lowest BCUT2D eigenvalue weighted by atomic mass is 10.0. The van der Waals surface area contributed by atoms with E-state index in [1.54, 1.807) is 11.0 Å². The number of nitrogens with one attached hydrogen (secondary N) is 1. The molecule has 0 fully saturated rings. The fourth-order valence-electron chi connectivity index (χ4n) is 4.22. The number of sulfonamides is 1. The van der Waals surface area contributed by atoms with Crippen LogP contribution in [0.4, 0.5) is 5.69 Å². The molecule has 2 atom stereocenters. The zero-order chi connectivity index (χ0) is 27.8. The molecular weight excluding hydrogens is 486 g/mol. The maximum absolute atomic E-state index is 13.6. The van der Waals surface area contributed by atoms with Crippen molar-refractivity contribution in [2.45, 2.75) is 85.9 Å². The molecule has 2 aromatic carbocycles. The average molecular weight is 530 g/mol. The molecule has 0 aliphatic heterocycles. The van der Waals surface area contributed by atoms with E-state index < -0.39 is 16.1 Å². The lowest BCUT2D eigenvalue weighted by Crippen LogP contribution is -2.50. The van der Waals surface area contributed by atoms with Crippen LogP contribution in [-0.4, -0.2) is 50.0 Å². The average Bonchev–Trinajstić information content (AvgIpc) is 2.83. The van der Waals surface area contributed by atoms with Crippen molar-refractivity contribution in [1.82, 2.24) is 10.2 Å². The number of anilines is 1. The van der Waals surface area contributed by atoms with Crippen LogP contribution in [0.2, 0.25) is 0 Å². The van der Waals surface area contributed by atoms with Crippen molar-refractivity contribution in [3.05, 3.63) is 64.7 Å². The normalized spacial score (nSPS) is 13.1. The zero-order valence-electron chi connectivity index (χ0n) is 23.4. The monoisotopic (exact) mass is 529 g/mol. The molecule has 2 amide bonds. The van der Waals surface area contributed by atoms with Gasteiger partial charge in [0.2, 0.25) is 21.8 Å². The molecular formula is C29H43N3O4S. The quantitative estimate of drug-likeness (QED) is 0.401. The Hall–Kier alpha value is -2.87. The van der Waals surface area contributed by atoms with Crippen LogP contribution < -0.4 is 9.62 Å². The van der Waals surface area contributed by atoms with E-state index in [1.165, 1.54) is 10.6 Å². The second-order valence-corrected chi connectivity index (χ2v) is 11.8. The lowest BCUT2D eigenvalue weighted by Gasteiger charge is -2.32. The molecule has 204 valence electrons. The summed E-state index contributed by atoms with van der Waals surface area (Å²) in [5.41, 5.74) is 4.72. The van der Waals surface area contributed by atoms with Gasteiger partial charge in [-0.15, -0.1) is 0 Å². The second kappa shape index (κ2) is 13.6. The number of rotatable bonds is 13. The fourth-order valence-corrected chi connectivity index (χ4v) is 5.17. The van der Waals surface area contributed by atoms with E-state index in [0.29, 0.717) is 25.1 Å². The van der Waals surface area contributed by atoms with Gasteiger partial charge in [-0.2, -0.15) is 0 Å². The van der Waals surface area contributed by atoms with Gasteiger partial charge < -0.3 is 10.2 Å². The molecule has 37 heavy (non-hydrogen) atoms. The van der Waals surface area contributed by atoms with Crippen LogP contribution in [0, 0.1) is 20.8 Å². The molecule has 0 heterocycles. The molecule has 0 bridgehead atoms. The van der Waals surface area contributed by atoms with Gasteiger partial charge in [-0.25, -0.2) is 8.42 Å². The Kier molecular flexibility index (Phi) is 11.2. The third kappa shape index (κ3) is 8.59. The van der Waals surface area contributed by atoms with E-state index in [4.69, 9.17) is 0 Å². The third-order valence-electron chi connectivity index (χ3n) is 6.92. The molecule has 0 spiro atoms. The van der Waals surface area contributed by atoms with Crippen molar-refractivity contribution in [3.63, 3.8) is 0 Å². The van der Waals surface area contributed by atoms with Gasteiger partial charge in [-0.05, 0) is 81.3 Å². The molecule has 2 rings (SSSR count). The first-order valence-electron chi connectivity index (χ1n) is 13.1. The van der Waals surface area contributed by atoms with E-state index in [0.717, 1.165) is 28.7 Å². The van der Waals surface area contributed by atoms with Crippen LogP contribution in [0.3, 0.4) is 0 Å². The number of nitrogens with zero attached hydrogens (tertiary/aromatic N) is 2. The predicted octanol–water partition coefficient (Wildman–Crippen LogP) is 4.88. The minimum absolute atomic E-state index is 0.0123. The molecule has 0 aliphatic rings. The maximum atomic E-state index is 13.6. The van der Waals surface area contributed by atoms with Gasteiger partial charge in [-0.1, -0.05) is 44.2 Å². The first kappa shape index (κ1) is 30.4. The largest absolute Gasteiger partial charge is 0.352 e. The SMILES string of the molecule is CCC(C)NC(=O)C(CC)N(Cc1ccccc1C)C(=O)CCCN(c1ccc(C)c(C)c1)S(C)(=O)=O. The molecule has 0 saturated carbocycles. The first-order chi connectivity index (χ1) is 17.4. The highest BCUT2D eigenvalue weighted by Crippen LogP contribution is 2.23. The number of carbonyl (C=O) groups is 2. The van der Waals surface area contributed by atoms with E-state index in [9.17, 15) is 18.0 Å². The van der Waals surface area contributed by atoms with Gasteiger partial charge in [0.25, 0.3) is 0 Å². The Balaban J connectivity index is 2.25. The molecule has 7 nitrogen and oxygen atoms in total. The number of aryl methyl sites for hydroxylation is 3. The van der Waals surface area contributed by atoms with Gasteiger partial charge in [0.05, 0.1) is 11.9 Å². The first-order valence-corrected chi connectivity index (χ1v) is 14.9. The van der Waals surface area contributed by atoms with Crippen LogP contribution in [0.5, 0.6) is 0 Å². The Morgan fingerprint density at radius 2 is 1.62 bits per heavy atom. The molecule has 2 aromatic rings. The van der Waals surface area contributed by atoms with Crippen LogP contribution in [-0.2, 0) is 26.2 Å². The van der Waals surface area contributed by atoms with Crippen molar-refractivity contribution in [1.29, 1.82) is 0 Å². The highest BCUT2D eigenvalue weighted by atomic mass is 32.2. The Morgan fingerprint density at radius 1 is 0.946 bits per heavy atom. The van der Waals surface area contributed by atoms with E-state index >= 15 is 0 Å². The standard InChI is InChI=1S/C29H43N3O4S/c1-8-24(6)30-29(34)27(9-2)31(20-25-14-11-10-13-22(25)4)28(33)15-12-18-32(37(7,35)36)26-17-16-21(3)23(5)19-26/h10-11,13-14,16-17,19,24,27H,8-9,12,15,18,20H2,1-7H3,(H,30,34). The number of amides is 2. The predicted molar refractivity (Wildman–Crippen MR) is 151 cm³/mol. The van der Waals surface area contributed by atoms with Gasteiger partial charge in [0.15, 0.2) is 0 Å². The number of carbonyl (C=O) groups excluding carboxylic acids is 2. The summed E-state index contributed by atoms with van der Waals surface area (Å²) in [7, 11) is -3.53. The van der Waals surface area contributed by atoms with Crippen molar-refractivity contribution < 1.29 is 18.0 Å². The minimum atomic E-state index is -3.53. The van der Waals surface area contributed by atoms with Crippen molar-refractivity contribution in [2.75, 3.05) is 17.1 Å². The van der Waals surface area contributed by atoms with E-state index in [1.807, 2.05) is 77.9 Å². The molecule has 0 aliphatic carbocycles. The maximum Gasteiger partial charge on any atom is 0.243 e. The molecule has 2 unspecified atom stereocenters. The lowest BCUT2D eigenvalue weighted by molar-refractivity contribution is -0.141. The Morgan fingerprint density at radius 3 is 2.19 bits per heavy atom. The molecule has 1 N–H and O–H groups in total. The van der Waals surface area contributed by atoms with Gasteiger partial charge in [-0.3, -0.25) is 13.9 Å². The highest BCUT2D eigenvalue weighted by molar-refractivity contribution is 7.92. The van der Waals surface area contributed by atoms with Crippen LogP contribution >= 0.6 is 0 Å². The molecule has 0 saturated heterocycles. The number of hydrogen-bond donors (Lipinski definition) is 1. The van der Waals surface area contributed by atoms with E-state index in [-0.39, 0.29) is 30.8 Å². The summed E-state index contributed by atoms with van der Waals surface area (Å²) in [6, 6.07) is 12.8. The third-order valence-corrected chi connectivity index (χ3v) is 8.11. The van der Waals surface area contributed by atoms with Gasteiger partial charge >= 0.3 is 0 Å². The summed E-state index contributed by atoms with van der Waals surface area (Å²) in [6.07, 6.45) is 2.94. The smallest absolute Gasteiger partial charge is 0.243 e. The topological polar surface area (TPSA) is 86.8 Å². The Labute approximate surface area is 223 Å². The van der Waals surface area contributed by atoms with Crippen LogP contribution in [0.25, 0.3) is 0 Å². The molecule has 0 aromatic heterocycles. The summed E-state index contributed by atoms with van der Waals surface area (Å²) in [5, 5.41) is 3.02.